The lowest BCUT2D eigenvalue weighted by Gasteiger charge is -2.29. The van der Waals surface area contributed by atoms with Gasteiger partial charge in [0.15, 0.2) is 0 Å². The number of carbonyl (C=O) groups is 2. The summed E-state index contributed by atoms with van der Waals surface area (Å²) in [6.45, 7) is 2.18. The number of anilines is 1. The maximum absolute atomic E-state index is 12.1. The SMILES string of the molecule is Cl.O=C(CCN1C(=O)CCc2ccccc21)NCC1CCCN1. The fourth-order valence-electron chi connectivity index (χ4n) is 3.21. The molecule has 1 atom stereocenters. The highest BCUT2D eigenvalue weighted by Crippen LogP contribution is 2.27. The number of aryl methyl sites for hydroxylation is 1. The molecule has 23 heavy (non-hydrogen) atoms. The fourth-order valence-corrected chi connectivity index (χ4v) is 3.21. The molecule has 0 aliphatic carbocycles. The third-order valence-electron chi connectivity index (χ3n) is 4.46. The molecule has 1 aromatic carbocycles. The zero-order valence-corrected chi connectivity index (χ0v) is 14.0. The lowest BCUT2D eigenvalue weighted by Crippen LogP contribution is -2.40. The van der Waals surface area contributed by atoms with Gasteiger partial charge in [-0.05, 0) is 37.4 Å². The van der Waals surface area contributed by atoms with Gasteiger partial charge in [-0.2, -0.15) is 0 Å². The number of amides is 2. The second-order valence-corrected chi connectivity index (χ2v) is 6.02. The van der Waals surface area contributed by atoms with Crippen LogP contribution in [0.5, 0.6) is 0 Å². The molecule has 1 aromatic rings. The highest BCUT2D eigenvalue weighted by molar-refractivity contribution is 5.96. The van der Waals surface area contributed by atoms with Crippen LogP contribution in [-0.4, -0.2) is 37.5 Å². The van der Waals surface area contributed by atoms with E-state index in [1.807, 2.05) is 18.2 Å². The number of rotatable bonds is 5. The summed E-state index contributed by atoms with van der Waals surface area (Å²) in [6.07, 6.45) is 3.99. The van der Waals surface area contributed by atoms with Crippen LogP contribution >= 0.6 is 12.4 Å². The van der Waals surface area contributed by atoms with Crippen LogP contribution < -0.4 is 15.5 Å². The molecule has 0 spiro atoms. The minimum atomic E-state index is 0. The van der Waals surface area contributed by atoms with Gasteiger partial charge in [0.2, 0.25) is 11.8 Å². The van der Waals surface area contributed by atoms with Crippen molar-refractivity contribution in [2.75, 3.05) is 24.5 Å². The normalized spacial score (nSPS) is 19.9. The molecule has 0 aromatic heterocycles. The van der Waals surface area contributed by atoms with Gasteiger partial charge in [0.25, 0.3) is 0 Å². The van der Waals surface area contributed by atoms with Crippen molar-refractivity contribution in [3.8, 4) is 0 Å². The van der Waals surface area contributed by atoms with E-state index in [1.54, 1.807) is 4.90 Å². The fraction of sp³-hybridized carbons (Fsp3) is 0.529. The monoisotopic (exact) mass is 337 g/mol. The number of nitrogens with one attached hydrogen (secondary N) is 2. The number of para-hydroxylation sites is 1. The Morgan fingerprint density at radius 2 is 2.13 bits per heavy atom. The minimum Gasteiger partial charge on any atom is -0.354 e. The Labute approximate surface area is 143 Å². The smallest absolute Gasteiger partial charge is 0.227 e. The van der Waals surface area contributed by atoms with Crippen molar-refractivity contribution in [2.45, 2.75) is 38.1 Å². The van der Waals surface area contributed by atoms with E-state index in [1.165, 1.54) is 12.0 Å². The van der Waals surface area contributed by atoms with Gasteiger partial charge >= 0.3 is 0 Å². The zero-order valence-electron chi connectivity index (χ0n) is 13.2. The predicted molar refractivity (Wildman–Crippen MR) is 93.0 cm³/mol. The number of halogens is 1. The summed E-state index contributed by atoms with van der Waals surface area (Å²) in [5, 5.41) is 6.32. The Bertz CT molecular complexity index is 559. The Hall–Kier alpha value is -1.59. The topological polar surface area (TPSA) is 61.4 Å². The van der Waals surface area contributed by atoms with E-state index in [0.29, 0.717) is 32.0 Å². The van der Waals surface area contributed by atoms with E-state index in [2.05, 4.69) is 16.7 Å². The molecule has 2 aliphatic heterocycles. The number of fused-ring (bicyclic) bond motifs is 1. The lowest BCUT2D eigenvalue weighted by atomic mass is 10.0. The summed E-state index contributed by atoms with van der Waals surface area (Å²) in [7, 11) is 0. The van der Waals surface area contributed by atoms with Crippen LogP contribution in [0.4, 0.5) is 5.69 Å². The molecule has 3 rings (SSSR count). The standard InChI is InChI=1S/C17H23N3O2.ClH/c21-16(19-12-14-5-3-10-18-14)9-11-20-15-6-2-1-4-13(15)7-8-17(20)22;/h1-2,4,6,14,18H,3,5,7-12H2,(H,19,21);1H. The second-order valence-electron chi connectivity index (χ2n) is 6.02. The molecule has 126 valence electrons. The number of benzene rings is 1. The molecule has 5 nitrogen and oxygen atoms in total. The second kappa shape index (κ2) is 8.31. The maximum Gasteiger partial charge on any atom is 0.227 e. The first-order valence-electron chi connectivity index (χ1n) is 8.12. The zero-order chi connectivity index (χ0) is 15.4. The molecule has 2 N–H and O–H groups in total. The summed E-state index contributed by atoms with van der Waals surface area (Å²) in [5.41, 5.74) is 2.15. The average molecular weight is 338 g/mol. The van der Waals surface area contributed by atoms with Gasteiger partial charge in [-0.1, -0.05) is 18.2 Å². The molecule has 0 bridgehead atoms. The third kappa shape index (κ3) is 4.45. The van der Waals surface area contributed by atoms with E-state index in [-0.39, 0.29) is 24.2 Å². The van der Waals surface area contributed by atoms with Gasteiger partial charge in [0.1, 0.15) is 0 Å². The Balaban J connectivity index is 0.00000192. The van der Waals surface area contributed by atoms with E-state index < -0.39 is 0 Å². The molecule has 2 heterocycles. The highest BCUT2D eigenvalue weighted by atomic mass is 35.5. The molecular formula is C17H24ClN3O2. The molecule has 2 amide bonds. The molecule has 1 fully saturated rings. The summed E-state index contributed by atoms with van der Waals surface area (Å²) in [6, 6.07) is 8.36. The van der Waals surface area contributed by atoms with E-state index in [4.69, 9.17) is 0 Å². The predicted octanol–water partition coefficient (Wildman–Crippen LogP) is 1.65. The summed E-state index contributed by atoms with van der Waals surface area (Å²) in [4.78, 5) is 25.9. The Morgan fingerprint density at radius 3 is 2.91 bits per heavy atom. The summed E-state index contributed by atoms with van der Waals surface area (Å²) >= 11 is 0. The largest absolute Gasteiger partial charge is 0.354 e. The van der Waals surface area contributed by atoms with Crippen molar-refractivity contribution < 1.29 is 9.59 Å². The van der Waals surface area contributed by atoms with E-state index in [9.17, 15) is 9.59 Å². The van der Waals surface area contributed by atoms with Crippen molar-refractivity contribution in [1.82, 2.24) is 10.6 Å². The summed E-state index contributed by atoms with van der Waals surface area (Å²) in [5.74, 6) is 0.133. The Kier molecular flexibility index (Phi) is 6.42. The van der Waals surface area contributed by atoms with Crippen LogP contribution in [0.15, 0.2) is 24.3 Å². The first kappa shape index (κ1) is 17.8. The molecule has 2 aliphatic rings. The molecular weight excluding hydrogens is 314 g/mol. The van der Waals surface area contributed by atoms with Gasteiger partial charge in [-0.25, -0.2) is 0 Å². The maximum atomic E-state index is 12.1. The van der Waals surface area contributed by atoms with Crippen molar-refractivity contribution >= 4 is 29.9 Å². The van der Waals surface area contributed by atoms with E-state index in [0.717, 1.165) is 25.1 Å². The van der Waals surface area contributed by atoms with Crippen molar-refractivity contribution in [3.05, 3.63) is 29.8 Å². The molecule has 1 saturated heterocycles. The van der Waals surface area contributed by atoms with Crippen LogP contribution in [0, 0.1) is 0 Å². The molecule has 0 radical (unpaired) electrons. The first-order chi connectivity index (χ1) is 10.7. The third-order valence-corrected chi connectivity index (χ3v) is 4.46. The lowest BCUT2D eigenvalue weighted by molar-refractivity contribution is -0.121. The number of carbonyl (C=O) groups excluding carboxylic acids is 2. The van der Waals surface area contributed by atoms with E-state index >= 15 is 0 Å². The molecule has 6 heteroatoms. The van der Waals surface area contributed by atoms with Gasteiger partial charge in [-0.3, -0.25) is 9.59 Å². The van der Waals surface area contributed by atoms with Crippen molar-refractivity contribution in [2.24, 2.45) is 0 Å². The van der Waals surface area contributed by atoms with Crippen LogP contribution in [-0.2, 0) is 16.0 Å². The minimum absolute atomic E-state index is 0. The first-order valence-corrected chi connectivity index (χ1v) is 8.12. The summed E-state index contributed by atoms with van der Waals surface area (Å²) < 4.78 is 0. The van der Waals surface area contributed by atoms with Crippen LogP contribution in [0.3, 0.4) is 0 Å². The van der Waals surface area contributed by atoms with Crippen LogP contribution in [0.2, 0.25) is 0 Å². The van der Waals surface area contributed by atoms with Gasteiger partial charge in [-0.15, -0.1) is 12.4 Å². The number of hydrogen-bond acceptors (Lipinski definition) is 3. The van der Waals surface area contributed by atoms with Gasteiger partial charge < -0.3 is 15.5 Å². The number of hydrogen-bond donors (Lipinski definition) is 2. The van der Waals surface area contributed by atoms with Crippen molar-refractivity contribution in [1.29, 1.82) is 0 Å². The van der Waals surface area contributed by atoms with Gasteiger partial charge in [0.05, 0.1) is 0 Å². The van der Waals surface area contributed by atoms with Crippen LogP contribution in [0.1, 0.15) is 31.2 Å². The molecule has 1 unspecified atom stereocenters. The quantitative estimate of drug-likeness (QED) is 0.858. The van der Waals surface area contributed by atoms with Gasteiger partial charge in [0, 0.05) is 37.7 Å². The molecule has 0 saturated carbocycles. The highest BCUT2D eigenvalue weighted by Gasteiger charge is 2.24. The van der Waals surface area contributed by atoms with Crippen molar-refractivity contribution in [3.63, 3.8) is 0 Å². The Morgan fingerprint density at radius 1 is 1.30 bits per heavy atom. The number of nitrogens with zero attached hydrogens (tertiary/aromatic N) is 1. The van der Waals surface area contributed by atoms with Crippen LogP contribution in [0.25, 0.3) is 0 Å². The average Bonchev–Trinajstić information content (AvgIpc) is 3.05.